The number of nitrogens with one attached hydrogen (secondary N) is 1. The summed E-state index contributed by atoms with van der Waals surface area (Å²) in [6.07, 6.45) is 3.74. The fourth-order valence-electron chi connectivity index (χ4n) is 2.15. The van der Waals surface area contributed by atoms with E-state index in [4.69, 9.17) is 5.11 Å². The van der Waals surface area contributed by atoms with Crippen molar-refractivity contribution in [1.29, 1.82) is 0 Å². The van der Waals surface area contributed by atoms with Gasteiger partial charge in [0.15, 0.2) is 0 Å². The van der Waals surface area contributed by atoms with Crippen LogP contribution in [0.4, 0.5) is 10.5 Å². The molecule has 0 bridgehead atoms. The van der Waals surface area contributed by atoms with Crippen LogP contribution >= 0.6 is 0 Å². The van der Waals surface area contributed by atoms with Gasteiger partial charge in [-0.2, -0.15) is 0 Å². The van der Waals surface area contributed by atoms with Crippen LogP contribution in [0.3, 0.4) is 0 Å². The number of hydrogen-bond donors (Lipinski definition) is 2. The summed E-state index contributed by atoms with van der Waals surface area (Å²) in [4.78, 5) is 24.5. The summed E-state index contributed by atoms with van der Waals surface area (Å²) < 4.78 is 0. The van der Waals surface area contributed by atoms with Crippen LogP contribution in [-0.4, -0.2) is 29.7 Å². The second-order valence-corrected chi connectivity index (χ2v) is 5.06. The Morgan fingerprint density at radius 3 is 2.50 bits per heavy atom. The summed E-state index contributed by atoms with van der Waals surface area (Å²) in [5, 5.41) is 11.7. The number of anilines is 1. The van der Waals surface area contributed by atoms with Gasteiger partial charge in [-0.15, -0.1) is 0 Å². The molecule has 1 aromatic carbocycles. The maximum absolute atomic E-state index is 12.3. The molecule has 0 aliphatic heterocycles. The van der Waals surface area contributed by atoms with Gasteiger partial charge in [0.25, 0.3) is 0 Å². The molecule has 1 saturated carbocycles. The molecule has 1 aromatic rings. The van der Waals surface area contributed by atoms with Gasteiger partial charge in [0.05, 0.1) is 0 Å². The minimum absolute atomic E-state index is 0.0695. The SMILES string of the molecule is O=C(O)CCCN(C(=O)NC1CCC1)c1ccccc1. The van der Waals surface area contributed by atoms with E-state index in [1.54, 1.807) is 4.90 Å². The molecule has 0 radical (unpaired) electrons. The highest BCUT2D eigenvalue weighted by atomic mass is 16.4. The Morgan fingerprint density at radius 2 is 1.95 bits per heavy atom. The molecule has 2 rings (SSSR count). The topological polar surface area (TPSA) is 69.6 Å². The number of carboxylic acids is 1. The number of aliphatic carboxylic acids is 1. The van der Waals surface area contributed by atoms with Crippen LogP contribution in [-0.2, 0) is 4.79 Å². The quantitative estimate of drug-likeness (QED) is 0.839. The van der Waals surface area contributed by atoms with Crippen molar-refractivity contribution >= 4 is 17.7 Å². The van der Waals surface area contributed by atoms with Crippen LogP contribution in [0, 0.1) is 0 Å². The number of amides is 2. The van der Waals surface area contributed by atoms with Crippen molar-refractivity contribution in [2.45, 2.75) is 38.1 Å². The molecule has 1 fully saturated rings. The lowest BCUT2D eigenvalue weighted by molar-refractivity contribution is -0.137. The Balaban J connectivity index is 1.98. The summed E-state index contributed by atoms with van der Waals surface area (Å²) in [5.41, 5.74) is 0.801. The van der Waals surface area contributed by atoms with Crippen LogP contribution < -0.4 is 10.2 Å². The molecule has 1 aliphatic rings. The molecule has 5 nitrogen and oxygen atoms in total. The fourth-order valence-corrected chi connectivity index (χ4v) is 2.15. The van der Waals surface area contributed by atoms with Crippen molar-refractivity contribution in [3.63, 3.8) is 0 Å². The van der Waals surface area contributed by atoms with Crippen molar-refractivity contribution < 1.29 is 14.7 Å². The van der Waals surface area contributed by atoms with Crippen molar-refractivity contribution in [3.05, 3.63) is 30.3 Å². The Hall–Kier alpha value is -2.04. The van der Waals surface area contributed by atoms with Crippen molar-refractivity contribution in [2.24, 2.45) is 0 Å². The molecule has 0 unspecified atom stereocenters. The van der Waals surface area contributed by atoms with Gasteiger partial charge in [0.2, 0.25) is 0 Å². The highest BCUT2D eigenvalue weighted by molar-refractivity contribution is 5.92. The van der Waals surface area contributed by atoms with Crippen LogP contribution in [0.25, 0.3) is 0 Å². The van der Waals surface area contributed by atoms with Crippen molar-refractivity contribution in [2.75, 3.05) is 11.4 Å². The standard InChI is InChI=1S/C15H20N2O3/c18-14(19)10-5-11-17(13-8-2-1-3-9-13)15(20)16-12-6-4-7-12/h1-3,8-9,12H,4-7,10-11H2,(H,16,20)(H,18,19). The maximum Gasteiger partial charge on any atom is 0.322 e. The van der Waals surface area contributed by atoms with E-state index < -0.39 is 5.97 Å². The zero-order chi connectivity index (χ0) is 14.4. The first-order chi connectivity index (χ1) is 9.66. The summed E-state index contributed by atoms with van der Waals surface area (Å²) in [6.45, 7) is 0.412. The molecule has 0 atom stereocenters. The molecular weight excluding hydrogens is 256 g/mol. The monoisotopic (exact) mass is 276 g/mol. The van der Waals surface area contributed by atoms with Gasteiger partial charge in [0.1, 0.15) is 0 Å². The predicted octanol–water partition coefficient (Wildman–Crippen LogP) is 2.62. The summed E-state index contributed by atoms with van der Waals surface area (Å²) >= 11 is 0. The molecule has 1 aliphatic carbocycles. The molecule has 2 amide bonds. The second-order valence-electron chi connectivity index (χ2n) is 5.06. The largest absolute Gasteiger partial charge is 0.481 e. The van der Waals surface area contributed by atoms with E-state index in [1.807, 2.05) is 30.3 Å². The third-order valence-corrected chi connectivity index (χ3v) is 3.52. The number of para-hydroxylation sites is 1. The molecule has 2 N–H and O–H groups in total. The number of carbonyl (C=O) groups excluding carboxylic acids is 1. The lowest BCUT2D eigenvalue weighted by Crippen LogP contribution is -2.47. The van der Waals surface area contributed by atoms with E-state index >= 15 is 0 Å². The minimum atomic E-state index is -0.836. The smallest absolute Gasteiger partial charge is 0.322 e. The molecule has 0 spiro atoms. The Kier molecular flexibility index (Phi) is 4.98. The van der Waals surface area contributed by atoms with Gasteiger partial charge in [-0.05, 0) is 37.8 Å². The second kappa shape index (κ2) is 6.93. The van der Waals surface area contributed by atoms with Crippen LogP contribution in [0.15, 0.2) is 30.3 Å². The first-order valence-corrected chi connectivity index (χ1v) is 7.01. The summed E-state index contributed by atoms with van der Waals surface area (Å²) in [5.74, 6) is -0.836. The molecule has 0 aromatic heterocycles. The van der Waals surface area contributed by atoms with Gasteiger partial charge in [0, 0.05) is 24.7 Å². The van der Waals surface area contributed by atoms with Crippen molar-refractivity contribution in [1.82, 2.24) is 5.32 Å². The summed E-state index contributed by atoms with van der Waals surface area (Å²) in [7, 11) is 0. The van der Waals surface area contributed by atoms with E-state index in [2.05, 4.69) is 5.32 Å². The van der Waals surface area contributed by atoms with E-state index in [0.29, 0.717) is 13.0 Å². The number of nitrogens with zero attached hydrogens (tertiary/aromatic N) is 1. The average molecular weight is 276 g/mol. The maximum atomic E-state index is 12.3. The molecular formula is C15H20N2O3. The highest BCUT2D eigenvalue weighted by Gasteiger charge is 2.23. The van der Waals surface area contributed by atoms with E-state index in [1.165, 1.54) is 0 Å². The third-order valence-electron chi connectivity index (χ3n) is 3.52. The zero-order valence-electron chi connectivity index (χ0n) is 11.4. The first kappa shape index (κ1) is 14.4. The van der Waals surface area contributed by atoms with Crippen LogP contribution in [0.5, 0.6) is 0 Å². The molecule has 5 heteroatoms. The number of rotatable bonds is 6. The third kappa shape index (κ3) is 3.98. The minimum Gasteiger partial charge on any atom is -0.481 e. The van der Waals surface area contributed by atoms with Crippen LogP contribution in [0.2, 0.25) is 0 Å². The molecule has 108 valence electrons. The van der Waals surface area contributed by atoms with E-state index in [-0.39, 0.29) is 18.5 Å². The normalized spacial score (nSPS) is 14.4. The first-order valence-electron chi connectivity index (χ1n) is 7.01. The number of urea groups is 1. The molecule has 20 heavy (non-hydrogen) atoms. The molecule has 0 heterocycles. The predicted molar refractivity (Wildman–Crippen MR) is 76.8 cm³/mol. The highest BCUT2D eigenvalue weighted by Crippen LogP contribution is 2.20. The fraction of sp³-hybridized carbons (Fsp3) is 0.467. The zero-order valence-corrected chi connectivity index (χ0v) is 11.4. The molecule has 0 saturated heterocycles. The number of carbonyl (C=O) groups is 2. The Morgan fingerprint density at radius 1 is 1.25 bits per heavy atom. The Labute approximate surface area is 118 Å². The average Bonchev–Trinajstić information content (AvgIpc) is 2.39. The van der Waals surface area contributed by atoms with Gasteiger partial charge in [-0.1, -0.05) is 18.2 Å². The van der Waals surface area contributed by atoms with Gasteiger partial charge >= 0.3 is 12.0 Å². The van der Waals surface area contributed by atoms with E-state index in [0.717, 1.165) is 24.9 Å². The van der Waals surface area contributed by atoms with Crippen molar-refractivity contribution in [3.8, 4) is 0 Å². The van der Waals surface area contributed by atoms with Gasteiger partial charge < -0.3 is 10.4 Å². The number of hydrogen-bond acceptors (Lipinski definition) is 2. The number of benzene rings is 1. The lowest BCUT2D eigenvalue weighted by atomic mass is 9.93. The van der Waals surface area contributed by atoms with Crippen LogP contribution in [0.1, 0.15) is 32.1 Å². The van der Waals surface area contributed by atoms with E-state index in [9.17, 15) is 9.59 Å². The Bertz CT molecular complexity index is 457. The van der Waals surface area contributed by atoms with Gasteiger partial charge in [-0.25, -0.2) is 4.79 Å². The van der Waals surface area contributed by atoms with Gasteiger partial charge in [-0.3, -0.25) is 9.69 Å². The number of carboxylic acid groups (broad SMARTS) is 1. The summed E-state index contributed by atoms with van der Waals surface area (Å²) in [6, 6.07) is 9.50. The lowest BCUT2D eigenvalue weighted by Gasteiger charge is -2.30.